The van der Waals surface area contributed by atoms with Gasteiger partial charge in [0.1, 0.15) is 5.75 Å². The molecule has 0 aliphatic carbocycles. The average molecular weight is 475 g/mol. The van der Waals surface area contributed by atoms with Crippen LogP contribution in [-0.2, 0) is 6.54 Å². The zero-order chi connectivity index (χ0) is 16.7. The molecule has 1 aromatic rings. The van der Waals surface area contributed by atoms with Crippen molar-refractivity contribution in [3.63, 3.8) is 0 Å². The van der Waals surface area contributed by atoms with Gasteiger partial charge >= 0.3 is 6.36 Å². The molecule has 2 rings (SSSR count). The Kier molecular flexibility index (Phi) is 9.03. The molecule has 136 valence electrons. The van der Waals surface area contributed by atoms with E-state index in [9.17, 15) is 13.2 Å². The Bertz CT molecular complexity index is 537. The zero-order valence-electron chi connectivity index (χ0n) is 13.2. The number of hydrogen-bond acceptors (Lipinski definition) is 3. The lowest BCUT2D eigenvalue weighted by Crippen LogP contribution is -2.39. The monoisotopic (exact) mass is 475 g/mol. The van der Waals surface area contributed by atoms with Crippen LogP contribution in [0.3, 0.4) is 0 Å². The first kappa shape index (κ1) is 21.2. The Labute approximate surface area is 161 Å². The van der Waals surface area contributed by atoms with E-state index in [2.05, 4.69) is 20.4 Å². The largest absolute Gasteiger partial charge is 0.573 e. The molecule has 1 aliphatic rings. The topological polar surface area (TPSA) is 45.7 Å². The summed E-state index contributed by atoms with van der Waals surface area (Å²) in [7, 11) is 1.63. The van der Waals surface area contributed by atoms with Gasteiger partial charge in [-0.15, -0.1) is 37.1 Å². The predicted molar refractivity (Wildman–Crippen MR) is 102 cm³/mol. The smallest absolute Gasteiger partial charge is 0.405 e. The van der Waals surface area contributed by atoms with Gasteiger partial charge in [-0.25, -0.2) is 0 Å². The molecule has 0 amide bonds. The van der Waals surface area contributed by atoms with Crippen LogP contribution < -0.4 is 15.4 Å². The van der Waals surface area contributed by atoms with Crippen molar-refractivity contribution in [2.75, 3.05) is 19.3 Å². The number of nitrogens with zero attached hydrogens (tertiary/aromatic N) is 1. The highest BCUT2D eigenvalue weighted by atomic mass is 127. The van der Waals surface area contributed by atoms with E-state index in [0.717, 1.165) is 6.54 Å². The summed E-state index contributed by atoms with van der Waals surface area (Å²) in [5, 5.41) is 6.79. The summed E-state index contributed by atoms with van der Waals surface area (Å²) in [6.07, 6.45) is -2.29. The molecule has 1 aromatic carbocycles. The standard InChI is InChI=1S/C15H20F3N3OS.HI/c1-19-14(21-10-12-6-4-8-23-12)20-9-11-5-2-3-7-13(11)22-15(16,17)18;/h2-3,5,7,12H,4,6,8-10H2,1H3,(H2,19,20,21);1H. The molecule has 1 atom stereocenters. The normalized spacial score (nSPS) is 18.0. The maximum absolute atomic E-state index is 12.4. The maximum Gasteiger partial charge on any atom is 0.573 e. The van der Waals surface area contributed by atoms with Gasteiger partial charge in [0.25, 0.3) is 0 Å². The molecular formula is C15H21F3IN3OS. The van der Waals surface area contributed by atoms with Gasteiger partial charge in [0.15, 0.2) is 5.96 Å². The molecule has 0 saturated carbocycles. The molecule has 1 heterocycles. The minimum absolute atomic E-state index is 0. The van der Waals surface area contributed by atoms with Gasteiger partial charge in [-0.2, -0.15) is 11.8 Å². The van der Waals surface area contributed by atoms with Crippen molar-refractivity contribution in [3.8, 4) is 5.75 Å². The molecule has 0 spiro atoms. The minimum atomic E-state index is -4.70. The predicted octanol–water partition coefficient (Wildman–Crippen LogP) is 3.76. The van der Waals surface area contributed by atoms with Crippen molar-refractivity contribution in [1.29, 1.82) is 0 Å². The molecule has 0 radical (unpaired) electrons. The second-order valence-electron chi connectivity index (χ2n) is 5.10. The van der Waals surface area contributed by atoms with Gasteiger partial charge in [0.05, 0.1) is 0 Å². The van der Waals surface area contributed by atoms with Crippen LogP contribution in [0.2, 0.25) is 0 Å². The first-order valence-electron chi connectivity index (χ1n) is 7.37. The maximum atomic E-state index is 12.4. The molecule has 9 heteroatoms. The van der Waals surface area contributed by atoms with E-state index >= 15 is 0 Å². The fraction of sp³-hybridized carbons (Fsp3) is 0.533. The quantitative estimate of drug-likeness (QED) is 0.387. The number of rotatable bonds is 5. The number of ether oxygens (including phenoxy) is 1. The molecule has 4 nitrogen and oxygen atoms in total. The van der Waals surface area contributed by atoms with Crippen LogP contribution in [-0.4, -0.2) is 36.9 Å². The summed E-state index contributed by atoms with van der Waals surface area (Å²) < 4.78 is 41.2. The molecule has 1 aliphatic heterocycles. The lowest BCUT2D eigenvalue weighted by atomic mass is 10.2. The van der Waals surface area contributed by atoms with E-state index < -0.39 is 6.36 Å². The molecule has 2 N–H and O–H groups in total. The van der Waals surface area contributed by atoms with E-state index in [-0.39, 0.29) is 36.3 Å². The van der Waals surface area contributed by atoms with Crippen LogP contribution >= 0.6 is 35.7 Å². The molecule has 1 unspecified atom stereocenters. The molecular weight excluding hydrogens is 454 g/mol. The van der Waals surface area contributed by atoms with Crippen molar-refractivity contribution in [2.45, 2.75) is 31.0 Å². The highest BCUT2D eigenvalue weighted by molar-refractivity contribution is 14.0. The first-order chi connectivity index (χ1) is 11.0. The van der Waals surface area contributed by atoms with E-state index in [4.69, 9.17) is 0 Å². The average Bonchev–Trinajstić information content (AvgIpc) is 3.01. The Hall–Kier alpha value is -0.840. The van der Waals surface area contributed by atoms with Crippen LogP contribution in [0.15, 0.2) is 29.3 Å². The van der Waals surface area contributed by atoms with Crippen LogP contribution in [0.25, 0.3) is 0 Å². The first-order valence-corrected chi connectivity index (χ1v) is 8.42. The highest BCUT2D eigenvalue weighted by Gasteiger charge is 2.31. The van der Waals surface area contributed by atoms with E-state index in [1.165, 1.54) is 30.7 Å². The van der Waals surface area contributed by atoms with Crippen LogP contribution in [0.5, 0.6) is 5.75 Å². The van der Waals surface area contributed by atoms with Gasteiger partial charge in [0, 0.05) is 31.0 Å². The fourth-order valence-electron chi connectivity index (χ4n) is 2.29. The fourth-order valence-corrected chi connectivity index (χ4v) is 3.49. The molecule has 0 aromatic heterocycles. The second kappa shape index (κ2) is 10.2. The van der Waals surface area contributed by atoms with Gasteiger partial charge in [0.2, 0.25) is 0 Å². The lowest BCUT2D eigenvalue weighted by Gasteiger charge is -2.17. The number of hydrogen-bond donors (Lipinski definition) is 2. The SMILES string of the molecule is CN=C(NCc1ccccc1OC(F)(F)F)NCC1CCCS1.I. The van der Waals surface area contributed by atoms with Gasteiger partial charge < -0.3 is 15.4 Å². The third kappa shape index (κ3) is 7.37. The van der Waals surface area contributed by atoms with Crippen LogP contribution in [0.1, 0.15) is 18.4 Å². The number of nitrogens with one attached hydrogen (secondary N) is 2. The Morgan fingerprint density at radius 2 is 2.08 bits per heavy atom. The van der Waals surface area contributed by atoms with E-state index in [1.807, 2.05) is 11.8 Å². The summed E-state index contributed by atoms with van der Waals surface area (Å²) >= 11 is 1.93. The number of halogens is 4. The molecule has 24 heavy (non-hydrogen) atoms. The Morgan fingerprint density at radius 3 is 2.71 bits per heavy atom. The van der Waals surface area contributed by atoms with Crippen molar-refractivity contribution in [1.82, 2.24) is 10.6 Å². The third-order valence-electron chi connectivity index (χ3n) is 3.39. The minimum Gasteiger partial charge on any atom is -0.405 e. The summed E-state index contributed by atoms with van der Waals surface area (Å²) in [6, 6.07) is 6.07. The Morgan fingerprint density at radius 1 is 1.33 bits per heavy atom. The number of aliphatic imine (C=N–C) groups is 1. The van der Waals surface area contributed by atoms with Crippen LogP contribution in [0.4, 0.5) is 13.2 Å². The summed E-state index contributed by atoms with van der Waals surface area (Å²) in [4.78, 5) is 4.09. The number of guanidine groups is 1. The number of thioether (sulfide) groups is 1. The van der Waals surface area contributed by atoms with Crippen LogP contribution in [0, 0.1) is 0 Å². The summed E-state index contributed by atoms with van der Waals surface area (Å²) in [5.74, 6) is 1.55. The van der Waals surface area contributed by atoms with E-state index in [0.29, 0.717) is 16.8 Å². The highest BCUT2D eigenvalue weighted by Crippen LogP contribution is 2.26. The van der Waals surface area contributed by atoms with Gasteiger partial charge in [-0.1, -0.05) is 18.2 Å². The number of alkyl halides is 3. The third-order valence-corrected chi connectivity index (χ3v) is 4.79. The van der Waals surface area contributed by atoms with Crippen molar-refractivity contribution in [3.05, 3.63) is 29.8 Å². The molecule has 1 fully saturated rings. The summed E-state index contributed by atoms with van der Waals surface area (Å²) in [5.41, 5.74) is 0.419. The van der Waals surface area contributed by atoms with Crippen molar-refractivity contribution < 1.29 is 17.9 Å². The number of benzene rings is 1. The molecule has 0 bridgehead atoms. The van der Waals surface area contributed by atoms with Crippen molar-refractivity contribution >= 4 is 41.7 Å². The van der Waals surface area contributed by atoms with Crippen molar-refractivity contribution in [2.24, 2.45) is 4.99 Å². The van der Waals surface area contributed by atoms with E-state index in [1.54, 1.807) is 19.2 Å². The lowest BCUT2D eigenvalue weighted by molar-refractivity contribution is -0.274. The second-order valence-corrected chi connectivity index (χ2v) is 6.51. The number of para-hydroxylation sites is 1. The molecule has 1 saturated heterocycles. The zero-order valence-corrected chi connectivity index (χ0v) is 16.4. The summed E-state index contributed by atoms with van der Waals surface area (Å²) in [6.45, 7) is 0.995. The van der Waals surface area contributed by atoms with Gasteiger partial charge in [-0.05, 0) is 24.7 Å². The van der Waals surface area contributed by atoms with Gasteiger partial charge in [-0.3, -0.25) is 4.99 Å². The Balaban J connectivity index is 0.00000288.